The molecule has 0 amide bonds. The van der Waals surface area contributed by atoms with E-state index in [9.17, 15) is 10.1 Å². The SMILES string of the molecule is COc1ccc(OCCCBr)cc1[N+](=O)[O-]. The quantitative estimate of drug-likeness (QED) is 0.350. The van der Waals surface area contributed by atoms with E-state index in [1.807, 2.05) is 0 Å². The van der Waals surface area contributed by atoms with Gasteiger partial charge in [0, 0.05) is 5.33 Å². The highest BCUT2D eigenvalue weighted by Crippen LogP contribution is 2.30. The highest BCUT2D eigenvalue weighted by molar-refractivity contribution is 9.09. The van der Waals surface area contributed by atoms with Crippen LogP contribution in [0.15, 0.2) is 18.2 Å². The van der Waals surface area contributed by atoms with E-state index in [-0.39, 0.29) is 11.4 Å². The molecule has 0 aliphatic rings. The van der Waals surface area contributed by atoms with E-state index in [1.165, 1.54) is 19.2 Å². The van der Waals surface area contributed by atoms with Crippen molar-refractivity contribution in [2.45, 2.75) is 6.42 Å². The smallest absolute Gasteiger partial charge is 0.314 e. The van der Waals surface area contributed by atoms with Gasteiger partial charge in [-0.3, -0.25) is 10.1 Å². The van der Waals surface area contributed by atoms with Crippen molar-refractivity contribution in [2.24, 2.45) is 0 Å². The van der Waals surface area contributed by atoms with Crippen LogP contribution in [0, 0.1) is 10.1 Å². The molecule has 6 heteroatoms. The number of nitro benzene ring substituents is 1. The Balaban J connectivity index is 2.81. The highest BCUT2D eigenvalue weighted by Gasteiger charge is 2.15. The second kappa shape index (κ2) is 6.32. The average molecular weight is 290 g/mol. The summed E-state index contributed by atoms with van der Waals surface area (Å²) in [6.07, 6.45) is 0.847. The average Bonchev–Trinajstić information content (AvgIpc) is 2.29. The Bertz CT molecular complexity index is 370. The summed E-state index contributed by atoms with van der Waals surface area (Å²) >= 11 is 3.28. The van der Waals surface area contributed by atoms with Crippen molar-refractivity contribution in [3.05, 3.63) is 28.3 Å². The minimum absolute atomic E-state index is 0.0844. The molecule has 0 bridgehead atoms. The lowest BCUT2D eigenvalue weighted by atomic mass is 10.3. The molecule has 0 saturated heterocycles. The molecule has 0 spiro atoms. The summed E-state index contributed by atoms with van der Waals surface area (Å²) in [5.74, 6) is 0.714. The molecule has 0 unspecified atom stereocenters. The summed E-state index contributed by atoms with van der Waals surface area (Å²) in [5.41, 5.74) is -0.0844. The van der Waals surface area contributed by atoms with Gasteiger partial charge < -0.3 is 9.47 Å². The maximum atomic E-state index is 10.7. The summed E-state index contributed by atoms with van der Waals surface area (Å²) in [7, 11) is 1.40. The molecule has 0 fully saturated rings. The Morgan fingerprint density at radius 2 is 2.25 bits per heavy atom. The number of nitrogens with zero attached hydrogens (tertiary/aromatic N) is 1. The van der Waals surface area contributed by atoms with E-state index in [0.717, 1.165) is 11.8 Å². The van der Waals surface area contributed by atoms with E-state index in [0.29, 0.717) is 12.4 Å². The first-order valence-electron chi connectivity index (χ1n) is 4.70. The topological polar surface area (TPSA) is 61.6 Å². The van der Waals surface area contributed by atoms with Crippen molar-refractivity contribution >= 4 is 21.6 Å². The molecule has 0 atom stereocenters. The fraction of sp³-hybridized carbons (Fsp3) is 0.400. The highest BCUT2D eigenvalue weighted by atomic mass is 79.9. The van der Waals surface area contributed by atoms with Crippen LogP contribution in [-0.4, -0.2) is 24.0 Å². The molecule has 1 rings (SSSR count). The molecule has 0 aromatic heterocycles. The van der Waals surface area contributed by atoms with Crippen LogP contribution in [0.25, 0.3) is 0 Å². The van der Waals surface area contributed by atoms with Gasteiger partial charge >= 0.3 is 5.69 Å². The zero-order chi connectivity index (χ0) is 12.0. The predicted octanol–water partition coefficient (Wildman–Crippen LogP) is 2.77. The third kappa shape index (κ3) is 3.37. The van der Waals surface area contributed by atoms with Crippen LogP contribution in [0.2, 0.25) is 0 Å². The second-order valence-corrected chi connectivity index (χ2v) is 3.77. The van der Waals surface area contributed by atoms with E-state index in [4.69, 9.17) is 9.47 Å². The van der Waals surface area contributed by atoms with Crippen molar-refractivity contribution < 1.29 is 14.4 Å². The zero-order valence-electron chi connectivity index (χ0n) is 8.81. The third-order valence-corrected chi connectivity index (χ3v) is 2.45. The van der Waals surface area contributed by atoms with Crippen LogP contribution < -0.4 is 9.47 Å². The first-order valence-corrected chi connectivity index (χ1v) is 5.82. The Morgan fingerprint density at radius 3 is 2.81 bits per heavy atom. The van der Waals surface area contributed by atoms with Crippen LogP contribution in [0.5, 0.6) is 11.5 Å². The maximum absolute atomic E-state index is 10.7. The molecule has 0 heterocycles. The number of nitro groups is 1. The fourth-order valence-electron chi connectivity index (χ4n) is 1.15. The van der Waals surface area contributed by atoms with Gasteiger partial charge in [-0.1, -0.05) is 15.9 Å². The molecule has 0 N–H and O–H groups in total. The number of rotatable bonds is 6. The molecule has 88 valence electrons. The zero-order valence-corrected chi connectivity index (χ0v) is 10.4. The number of hydrogen-bond acceptors (Lipinski definition) is 4. The first-order chi connectivity index (χ1) is 7.69. The van der Waals surface area contributed by atoms with Crippen LogP contribution in [0.3, 0.4) is 0 Å². The molecule has 0 aliphatic heterocycles. The molecule has 0 aliphatic carbocycles. The Morgan fingerprint density at radius 1 is 1.50 bits per heavy atom. The predicted molar refractivity (Wildman–Crippen MR) is 63.6 cm³/mol. The molecule has 16 heavy (non-hydrogen) atoms. The summed E-state index contributed by atoms with van der Waals surface area (Å²) < 4.78 is 10.2. The number of ether oxygens (including phenoxy) is 2. The fourth-order valence-corrected chi connectivity index (χ4v) is 1.38. The molecular formula is C10H12BrNO4. The molecule has 0 saturated carbocycles. The van der Waals surface area contributed by atoms with Crippen LogP contribution in [0.4, 0.5) is 5.69 Å². The lowest BCUT2D eigenvalue weighted by molar-refractivity contribution is -0.385. The lowest BCUT2D eigenvalue weighted by Gasteiger charge is -2.06. The monoisotopic (exact) mass is 289 g/mol. The van der Waals surface area contributed by atoms with Crippen LogP contribution in [0.1, 0.15) is 6.42 Å². The largest absolute Gasteiger partial charge is 0.493 e. The van der Waals surface area contributed by atoms with Gasteiger partial charge in [-0.05, 0) is 18.6 Å². The van der Waals surface area contributed by atoms with Gasteiger partial charge in [-0.15, -0.1) is 0 Å². The standard InChI is InChI=1S/C10H12BrNO4/c1-15-10-4-3-8(16-6-2-5-11)7-9(10)12(13)14/h3-4,7H,2,5-6H2,1H3. The lowest BCUT2D eigenvalue weighted by Crippen LogP contribution is -1.99. The summed E-state index contributed by atoms with van der Waals surface area (Å²) in [6, 6.07) is 4.55. The Labute approximate surface area is 102 Å². The van der Waals surface area contributed by atoms with E-state index < -0.39 is 4.92 Å². The van der Waals surface area contributed by atoms with Crippen molar-refractivity contribution in [1.82, 2.24) is 0 Å². The molecule has 0 radical (unpaired) electrons. The van der Waals surface area contributed by atoms with Crippen LogP contribution in [-0.2, 0) is 0 Å². The Kier molecular flexibility index (Phi) is 5.04. The van der Waals surface area contributed by atoms with E-state index in [1.54, 1.807) is 6.07 Å². The maximum Gasteiger partial charge on any atom is 0.314 e. The van der Waals surface area contributed by atoms with Gasteiger partial charge in [0.1, 0.15) is 5.75 Å². The molecule has 1 aromatic carbocycles. The summed E-state index contributed by atoms with van der Waals surface area (Å²) in [5, 5.41) is 11.6. The van der Waals surface area contributed by atoms with Gasteiger partial charge in [-0.2, -0.15) is 0 Å². The van der Waals surface area contributed by atoms with Crippen molar-refractivity contribution in [2.75, 3.05) is 19.0 Å². The summed E-state index contributed by atoms with van der Waals surface area (Å²) in [4.78, 5) is 10.2. The van der Waals surface area contributed by atoms with Crippen molar-refractivity contribution in [3.63, 3.8) is 0 Å². The van der Waals surface area contributed by atoms with Gasteiger partial charge in [0.2, 0.25) is 0 Å². The summed E-state index contributed by atoms with van der Waals surface area (Å²) in [6.45, 7) is 0.523. The minimum Gasteiger partial charge on any atom is -0.493 e. The molecule has 1 aromatic rings. The number of hydrogen-bond donors (Lipinski definition) is 0. The number of halogens is 1. The van der Waals surface area contributed by atoms with Crippen LogP contribution >= 0.6 is 15.9 Å². The van der Waals surface area contributed by atoms with Crippen molar-refractivity contribution in [3.8, 4) is 11.5 Å². The van der Waals surface area contributed by atoms with Gasteiger partial charge in [-0.25, -0.2) is 0 Å². The number of benzene rings is 1. The second-order valence-electron chi connectivity index (χ2n) is 2.98. The number of alkyl halides is 1. The van der Waals surface area contributed by atoms with Gasteiger partial charge in [0.15, 0.2) is 5.75 Å². The normalized spacial score (nSPS) is 9.88. The van der Waals surface area contributed by atoms with E-state index in [2.05, 4.69) is 15.9 Å². The molecular weight excluding hydrogens is 278 g/mol. The molecule has 5 nitrogen and oxygen atoms in total. The first kappa shape index (κ1) is 12.8. The minimum atomic E-state index is -0.490. The number of methoxy groups -OCH3 is 1. The van der Waals surface area contributed by atoms with Gasteiger partial charge in [0.25, 0.3) is 0 Å². The van der Waals surface area contributed by atoms with Crippen molar-refractivity contribution in [1.29, 1.82) is 0 Å². The Hall–Kier alpha value is -1.30. The van der Waals surface area contributed by atoms with E-state index >= 15 is 0 Å². The van der Waals surface area contributed by atoms with Gasteiger partial charge in [0.05, 0.1) is 24.7 Å². The third-order valence-electron chi connectivity index (χ3n) is 1.89.